The van der Waals surface area contributed by atoms with E-state index in [1.807, 2.05) is 17.5 Å². The molecule has 23 heavy (non-hydrogen) atoms. The summed E-state index contributed by atoms with van der Waals surface area (Å²) in [6.07, 6.45) is 5.01. The van der Waals surface area contributed by atoms with Crippen LogP contribution in [0.1, 0.15) is 23.9 Å². The Morgan fingerprint density at radius 2 is 2.09 bits per heavy atom. The molecule has 4 rings (SSSR count). The first-order chi connectivity index (χ1) is 11.1. The number of aryl methyl sites for hydroxylation is 3. The molecule has 0 spiro atoms. The summed E-state index contributed by atoms with van der Waals surface area (Å²) in [4.78, 5) is 11.7. The fourth-order valence-corrected chi connectivity index (χ4v) is 4.59. The molecule has 4 nitrogen and oxygen atoms in total. The van der Waals surface area contributed by atoms with E-state index in [9.17, 15) is 0 Å². The summed E-state index contributed by atoms with van der Waals surface area (Å²) in [6.45, 7) is 9.74. The van der Waals surface area contributed by atoms with Crippen molar-refractivity contribution in [1.29, 1.82) is 0 Å². The Hall–Kier alpha value is -1.88. The van der Waals surface area contributed by atoms with Crippen molar-refractivity contribution in [3.8, 4) is 0 Å². The average molecular weight is 326 g/mol. The summed E-state index contributed by atoms with van der Waals surface area (Å²) >= 11 is 1.82. The van der Waals surface area contributed by atoms with E-state index in [2.05, 4.69) is 53.6 Å². The number of rotatable bonds is 4. The Morgan fingerprint density at radius 3 is 2.87 bits per heavy atom. The van der Waals surface area contributed by atoms with Gasteiger partial charge in [0.2, 0.25) is 0 Å². The molecule has 3 heterocycles. The maximum absolute atomic E-state index is 4.87. The van der Waals surface area contributed by atoms with Gasteiger partial charge in [-0.05, 0) is 31.0 Å². The molecule has 1 saturated heterocycles. The van der Waals surface area contributed by atoms with E-state index in [1.54, 1.807) is 0 Å². The average Bonchev–Trinajstić information content (AvgIpc) is 3.08. The molecule has 0 atom stereocenters. The molecular formula is C18H22N4S. The Labute approximate surface area is 140 Å². The summed E-state index contributed by atoms with van der Waals surface area (Å²) in [5.74, 6) is 1.89. The zero-order valence-corrected chi connectivity index (χ0v) is 14.7. The van der Waals surface area contributed by atoms with Crippen molar-refractivity contribution in [3.05, 3.63) is 41.5 Å². The lowest BCUT2D eigenvalue weighted by atomic mass is 10.0. The molecule has 0 amide bonds. The van der Waals surface area contributed by atoms with Crippen molar-refractivity contribution in [2.75, 3.05) is 18.0 Å². The number of thiazole rings is 1. The van der Waals surface area contributed by atoms with E-state index in [1.165, 1.54) is 32.3 Å². The number of aromatic nitrogens is 3. The molecule has 0 unspecified atom stereocenters. The van der Waals surface area contributed by atoms with Crippen molar-refractivity contribution >= 4 is 26.7 Å². The number of imidazole rings is 1. The van der Waals surface area contributed by atoms with Gasteiger partial charge in [0, 0.05) is 44.4 Å². The number of fused-ring (bicyclic) bond motifs is 1. The third kappa shape index (κ3) is 2.63. The Morgan fingerprint density at radius 1 is 1.26 bits per heavy atom. The molecule has 0 radical (unpaired) electrons. The van der Waals surface area contributed by atoms with Gasteiger partial charge < -0.3 is 9.47 Å². The van der Waals surface area contributed by atoms with Crippen molar-refractivity contribution in [2.45, 2.75) is 33.7 Å². The molecule has 5 heteroatoms. The normalized spacial score (nSPS) is 15.3. The number of benzene rings is 1. The van der Waals surface area contributed by atoms with Crippen molar-refractivity contribution in [2.24, 2.45) is 5.92 Å². The van der Waals surface area contributed by atoms with Crippen LogP contribution >= 0.6 is 11.3 Å². The van der Waals surface area contributed by atoms with E-state index in [0.29, 0.717) is 5.92 Å². The quantitative estimate of drug-likeness (QED) is 0.731. The van der Waals surface area contributed by atoms with Crippen LogP contribution in [0, 0.1) is 19.8 Å². The molecule has 0 aliphatic carbocycles. The molecule has 0 saturated carbocycles. The van der Waals surface area contributed by atoms with Gasteiger partial charge in [-0.1, -0.05) is 24.3 Å². The summed E-state index contributed by atoms with van der Waals surface area (Å²) in [7, 11) is 0. The number of anilines is 1. The van der Waals surface area contributed by atoms with Gasteiger partial charge in [-0.15, -0.1) is 0 Å². The largest absolute Gasteiger partial charge is 0.347 e. The van der Waals surface area contributed by atoms with Crippen LogP contribution in [0.25, 0.3) is 10.2 Å². The summed E-state index contributed by atoms with van der Waals surface area (Å²) in [5.41, 5.74) is 3.77. The lowest BCUT2D eigenvalue weighted by Gasteiger charge is -2.39. The fraction of sp³-hybridized carbons (Fsp3) is 0.444. The zero-order chi connectivity index (χ0) is 16.0. The van der Waals surface area contributed by atoms with Crippen LogP contribution in [-0.2, 0) is 13.0 Å². The van der Waals surface area contributed by atoms with Gasteiger partial charge in [0.1, 0.15) is 5.82 Å². The Kier molecular flexibility index (Phi) is 3.60. The van der Waals surface area contributed by atoms with Gasteiger partial charge in [-0.25, -0.2) is 9.97 Å². The Bertz CT molecular complexity index is 842. The van der Waals surface area contributed by atoms with Crippen LogP contribution in [0.3, 0.4) is 0 Å². The molecule has 2 aromatic heterocycles. The predicted octanol–water partition coefficient (Wildman–Crippen LogP) is 3.81. The van der Waals surface area contributed by atoms with Crippen LogP contribution in [0.4, 0.5) is 5.13 Å². The molecule has 120 valence electrons. The zero-order valence-electron chi connectivity index (χ0n) is 13.9. The summed E-state index contributed by atoms with van der Waals surface area (Å²) < 4.78 is 3.61. The molecule has 1 fully saturated rings. The smallest absolute Gasteiger partial charge is 0.186 e. The van der Waals surface area contributed by atoms with E-state index in [0.717, 1.165) is 26.1 Å². The molecule has 0 N–H and O–H groups in total. The monoisotopic (exact) mass is 326 g/mol. The highest BCUT2D eigenvalue weighted by Gasteiger charge is 2.29. The third-order valence-electron chi connectivity index (χ3n) is 4.62. The molecule has 0 bridgehead atoms. The number of hydrogen-bond acceptors (Lipinski definition) is 4. The van der Waals surface area contributed by atoms with Crippen LogP contribution in [0.5, 0.6) is 0 Å². The van der Waals surface area contributed by atoms with E-state index >= 15 is 0 Å². The van der Waals surface area contributed by atoms with Crippen molar-refractivity contribution < 1.29 is 0 Å². The highest BCUT2D eigenvalue weighted by Crippen LogP contribution is 2.35. The minimum absolute atomic E-state index is 0.698. The van der Waals surface area contributed by atoms with Gasteiger partial charge in [0.05, 0.1) is 10.2 Å². The second kappa shape index (κ2) is 5.64. The van der Waals surface area contributed by atoms with Crippen molar-refractivity contribution in [1.82, 2.24) is 14.5 Å². The second-order valence-electron chi connectivity index (χ2n) is 6.55. The highest BCUT2D eigenvalue weighted by atomic mass is 32.1. The maximum Gasteiger partial charge on any atom is 0.186 e. The maximum atomic E-state index is 4.87. The van der Waals surface area contributed by atoms with E-state index < -0.39 is 0 Å². The summed E-state index contributed by atoms with van der Waals surface area (Å²) in [6, 6.07) is 4.47. The minimum Gasteiger partial charge on any atom is -0.347 e. The molecule has 3 aromatic rings. The summed E-state index contributed by atoms with van der Waals surface area (Å²) in [5, 5.41) is 1.17. The highest BCUT2D eigenvalue weighted by molar-refractivity contribution is 7.22. The van der Waals surface area contributed by atoms with E-state index in [-0.39, 0.29) is 0 Å². The minimum atomic E-state index is 0.698. The van der Waals surface area contributed by atoms with Gasteiger partial charge in [0.25, 0.3) is 0 Å². The standard InChI is InChI=1S/C18H22N4S/c1-4-16-19-5-6-21(16)9-14-10-22(11-14)18-20-17-13(3)7-12(2)8-15(17)23-18/h5-8,14H,4,9-11H2,1-3H3. The lowest BCUT2D eigenvalue weighted by molar-refractivity contribution is 0.353. The van der Waals surface area contributed by atoms with Gasteiger partial charge in [0.15, 0.2) is 5.13 Å². The molecule has 1 aromatic carbocycles. The first-order valence-electron chi connectivity index (χ1n) is 8.26. The second-order valence-corrected chi connectivity index (χ2v) is 7.55. The van der Waals surface area contributed by atoms with Crippen molar-refractivity contribution in [3.63, 3.8) is 0 Å². The van der Waals surface area contributed by atoms with Crippen LogP contribution in [0.15, 0.2) is 24.5 Å². The number of hydrogen-bond donors (Lipinski definition) is 0. The van der Waals surface area contributed by atoms with E-state index in [4.69, 9.17) is 4.98 Å². The third-order valence-corrected chi connectivity index (χ3v) is 5.68. The van der Waals surface area contributed by atoms with Gasteiger partial charge in [-0.2, -0.15) is 0 Å². The molecule has 1 aliphatic heterocycles. The SMILES string of the molecule is CCc1nccn1CC1CN(c2nc3c(C)cc(C)cc3s2)C1. The fourth-order valence-electron chi connectivity index (χ4n) is 3.43. The van der Waals surface area contributed by atoms with Crippen LogP contribution in [0.2, 0.25) is 0 Å². The number of nitrogens with zero attached hydrogens (tertiary/aromatic N) is 4. The Balaban J connectivity index is 1.46. The topological polar surface area (TPSA) is 34.0 Å². The van der Waals surface area contributed by atoms with Gasteiger partial charge >= 0.3 is 0 Å². The predicted molar refractivity (Wildman–Crippen MR) is 96.4 cm³/mol. The molecule has 1 aliphatic rings. The first kappa shape index (κ1) is 14.7. The lowest BCUT2D eigenvalue weighted by Crippen LogP contribution is -2.48. The van der Waals surface area contributed by atoms with Gasteiger partial charge in [-0.3, -0.25) is 0 Å². The van der Waals surface area contributed by atoms with Crippen LogP contribution in [-0.4, -0.2) is 27.6 Å². The first-order valence-corrected chi connectivity index (χ1v) is 9.08. The van der Waals surface area contributed by atoms with Crippen LogP contribution < -0.4 is 4.90 Å². The molecular weight excluding hydrogens is 304 g/mol.